The molecule has 14 nitrogen and oxygen atoms in total. The lowest BCUT2D eigenvalue weighted by atomic mass is 10.0. The number of benzene rings is 1. The number of amides is 2. The highest BCUT2D eigenvalue weighted by molar-refractivity contribution is 8.00. The first kappa shape index (κ1) is 33.2. The Bertz CT molecular complexity index is 2080. The second-order valence-corrected chi connectivity index (χ2v) is 13.8. The largest absolute Gasteiger partial charge is 0.543 e. The molecule has 0 spiro atoms. The summed E-state index contributed by atoms with van der Waals surface area (Å²) >= 11 is 14.7. The zero-order valence-electron chi connectivity index (χ0n) is 24.7. The number of nitrogens with one attached hydrogen (secondary N) is 2. The highest BCUT2D eigenvalue weighted by atomic mass is 35.5. The lowest BCUT2D eigenvalue weighted by Gasteiger charge is -2.50. The number of amidine groups is 1. The van der Waals surface area contributed by atoms with Crippen LogP contribution in [0.3, 0.4) is 0 Å². The minimum absolute atomic E-state index is 0.0182. The maximum atomic E-state index is 14.9. The molecule has 0 bridgehead atoms. The first-order chi connectivity index (χ1) is 22.9. The number of carboxylic acid groups (broad SMARTS) is 1. The van der Waals surface area contributed by atoms with Gasteiger partial charge in [0, 0.05) is 45.1 Å². The molecule has 6 rings (SSSR count). The second kappa shape index (κ2) is 13.1. The number of carboxylic acids is 1. The summed E-state index contributed by atoms with van der Waals surface area (Å²) in [5.41, 5.74) is 12.1. The van der Waals surface area contributed by atoms with Gasteiger partial charge in [0.2, 0.25) is 0 Å². The van der Waals surface area contributed by atoms with E-state index in [1.165, 1.54) is 24.9 Å². The molecule has 48 heavy (non-hydrogen) atoms. The van der Waals surface area contributed by atoms with Gasteiger partial charge >= 0.3 is 0 Å². The number of carbonyl (C=O) groups excluding carboxylic acids is 3. The number of halogens is 3. The molecular weight excluding hydrogens is 708 g/mol. The van der Waals surface area contributed by atoms with E-state index in [1.54, 1.807) is 27.7 Å². The highest BCUT2D eigenvalue weighted by Crippen LogP contribution is 2.40. The number of β-lactam (4-membered cyclic amide) rings is 1. The van der Waals surface area contributed by atoms with Crippen LogP contribution in [0.25, 0.3) is 10.9 Å². The van der Waals surface area contributed by atoms with E-state index in [0.29, 0.717) is 11.1 Å². The topological polar surface area (TPSA) is 209 Å². The molecule has 2 amide bonds. The fourth-order valence-electron chi connectivity index (χ4n) is 5.45. The highest BCUT2D eigenvalue weighted by Gasteiger charge is 2.53. The molecule has 3 aromatic heterocycles. The van der Waals surface area contributed by atoms with Gasteiger partial charge < -0.3 is 36.1 Å². The number of thiazole rings is 1. The van der Waals surface area contributed by atoms with Crippen molar-refractivity contribution in [3.05, 3.63) is 86.1 Å². The molecule has 2 aliphatic rings. The van der Waals surface area contributed by atoms with Gasteiger partial charge in [-0.1, -0.05) is 39.7 Å². The number of pyridine rings is 1. The summed E-state index contributed by atoms with van der Waals surface area (Å²) in [7, 11) is 1.22. The number of hydrogen-bond acceptors (Lipinski definition) is 11. The summed E-state index contributed by atoms with van der Waals surface area (Å²) in [5, 5.41) is 26.5. The average Bonchev–Trinajstić information content (AvgIpc) is 3.60. The number of nitrogen functional groups attached to an aromatic ring is 2. The molecule has 0 aliphatic carbocycles. The van der Waals surface area contributed by atoms with Gasteiger partial charge in [0.05, 0.1) is 18.2 Å². The third kappa shape index (κ3) is 6.05. The number of nitrogens with two attached hydrogens (primary N) is 2. The Kier molecular flexibility index (Phi) is 9.04. The summed E-state index contributed by atoms with van der Waals surface area (Å²) in [4.78, 5) is 48.7. The number of carbonyl (C=O) groups is 3. The molecule has 1 fully saturated rings. The second-order valence-electron chi connectivity index (χ2n) is 10.6. The molecular formula is C29H24Cl2FN9O5S2. The summed E-state index contributed by atoms with van der Waals surface area (Å²) < 4.78 is 18.6. The molecule has 0 radical (unpaired) electrons. The van der Waals surface area contributed by atoms with Crippen LogP contribution in [-0.2, 0) is 32.3 Å². The molecule has 0 unspecified atom stereocenters. The number of hydrogen-bond donors (Lipinski definition) is 4. The first-order valence-corrected chi connectivity index (χ1v) is 16.5. The zero-order valence-corrected chi connectivity index (χ0v) is 27.8. The maximum Gasteiger partial charge on any atom is 0.276 e. The van der Waals surface area contributed by atoms with Gasteiger partial charge in [0.1, 0.15) is 45.7 Å². The first-order valence-electron chi connectivity index (χ1n) is 13.9. The van der Waals surface area contributed by atoms with Crippen LogP contribution >= 0.6 is 46.3 Å². The monoisotopic (exact) mass is 731 g/mol. The van der Waals surface area contributed by atoms with Gasteiger partial charge in [0.25, 0.3) is 11.8 Å². The van der Waals surface area contributed by atoms with E-state index in [2.05, 4.69) is 15.5 Å². The van der Waals surface area contributed by atoms with Crippen molar-refractivity contribution in [3.8, 4) is 0 Å². The van der Waals surface area contributed by atoms with Crippen LogP contribution in [0, 0.1) is 11.2 Å². The quantitative estimate of drug-likeness (QED) is 0.0607. The van der Waals surface area contributed by atoms with Crippen molar-refractivity contribution >= 4 is 91.7 Å². The Morgan fingerprint density at radius 2 is 2.10 bits per heavy atom. The molecule has 2 atom stereocenters. The molecule has 19 heteroatoms. The summed E-state index contributed by atoms with van der Waals surface area (Å²) in [6.07, 6.45) is 5.30. The maximum absolute atomic E-state index is 14.9. The van der Waals surface area contributed by atoms with Crippen LogP contribution in [-0.4, -0.2) is 68.1 Å². The number of aromatic nitrogens is 3. The fourth-order valence-corrected chi connectivity index (χ4v) is 7.98. The molecule has 6 N–H and O–H groups in total. The molecule has 0 saturated carbocycles. The lowest BCUT2D eigenvalue weighted by Crippen LogP contribution is -2.71. The predicted molar refractivity (Wildman–Crippen MR) is 176 cm³/mol. The van der Waals surface area contributed by atoms with Crippen molar-refractivity contribution in [2.24, 2.45) is 10.9 Å². The SMILES string of the molecule is CON=C(C(=O)N[C@@H]1C(=O)N2C(C(=O)[O-])=C(C[n+]3ccc4ccn(Cc5c(F)cc(C(=N)N)cc5Cl)c4c3)CS[C@H]12)c1nc(N)sc1Cl. The van der Waals surface area contributed by atoms with Crippen LogP contribution in [0.2, 0.25) is 9.36 Å². The number of rotatable bonds is 10. The van der Waals surface area contributed by atoms with E-state index in [4.69, 9.17) is 44.9 Å². The van der Waals surface area contributed by atoms with Gasteiger partial charge in [-0.3, -0.25) is 19.9 Å². The third-order valence-corrected chi connectivity index (χ3v) is 10.4. The summed E-state index contributed by atoms with van der Waals surface area (Å²) in [6, 6.07) is 5.18. The number of fused-ring (bicyclic) bond motifs is 2. The van der Waals surface area contributed by atoms with Crippen LogP contribution in [0.4, 0.5) is 9.52 Å². The van der Waals surface area contributed by atoms with E-state index in [0.717, 1.165) is 27.7 Å². The van der Waals surface area contributed by atoms with E-state index in [1.807, 2.05) is 12.1 Å². The molecule has 1 saturated heterocycles. The van der Waals surface area contributed by atoms with E-state index >= 15 is 0 Å². The van der Waals surface area contributed by atoms with Gasteiger partial charge in [0.15, 0.2) is 29.8 Å². The van der Waals surface area contributed by atoms with Crippen molar-refractivity contribution < 1.29 is 33.3 Å². The van der Waals surface area contributed by atoms with Crippen molar-refractivity contribution in [1.82, 2.24) is 19.8 Å². The fraction of sp³-hybridized carbons (Fsp3) is 0.207. The molecule has 2 aliphatic heterocycles. The Balaban J connectivity index is 1.23. The number of oxime groups is 1. The normalized spacial score (nSPS) is 17.7. The van der Waals surface area contributed by atoms with Gasteiger partial charge in [-0.15, -0.1) is 11.8 Å². The Morgan fingerprint density at radius 3 is 2.75 bits per heavy atom. The van der Waals surface area contributed by atoms with Crippen molar-refractivity contribution in [1.29, 1.82) is 5.41 Å². The number of thioether (sulfide) groups is 1. The van der Waals surface area contributed by atoms with Crippen molar-refractivity contribution in [2.75, 3.05) is 18.6 Å². The van der Waals surface area contributed by atoms with Crippen molar-refractivity contribution in [3.63, 3.8) is 0 Å². The summed E-state index contributed by atoms with van der Waals surface area (Å²) in [5.74, 6) is -3.70. The zero-order chi connectivity index (χ0) is 34.4. The van der Waals surface area contributed by atoms with Crippen LogP contribution in [0.5, 0.6) is 0 Å². The smallest absolute Gasteiger partial charge is 0.276 e. The average molecular weight is 733 g/mol. The molecule has 4 aromatic rings. The lowest BCUT2D eigenvalue weighted by molar-refractivity contribution is -0.687. The minimum Gasteiger partial charge on any atom is -0.543 e. The number of nitrogens with zero attached hydrogens (tertiary/aromatic N) is 5. The minimum atomic E-state index is -1.54. The van der Waals surface area contributed by atoms with Crippen LogP contribution in [0.15, 0.2) is 59.3 Å². The predicted octanol–water partition coefficient (Wildman–Crippen LogP) is 1.20. The Morgan fingerprint density at radius 1 is 1.33 bits per heavy atom. The third-order valence-electron chi connectivity index (χ3n) is 7.68. The molecule has 5 heterocycles. The number of aliphatic carboxylic acids is 1. The molecule has 248 valence electrons. The number of anilines is 1. The van der Waals surface area contributed by atoms with E-state index < -0.39 is 35.0 Å². The standard InChI is InChI=1S/C29H24Cl2FN9O5S2/c1-46-38-20(19-23(31)48-29(35)37-19)25(42)36-21-26(43)41-22(28(44)45)14(11-47-27(21)41)8-39-4-2-12-3-5-40(18(12)10-39)9-15-16(30)6-13(24(33)34)7-17(15)32/h2-7,10,21,27H,8-9,11H2,1H3,(H6-,33,34,35,36,37,42,44,45)/t21-,27-/m1/s1. The van der Waals surface area contributed by atoms with Gasteiger partial charge in [-0.2, -0.15) is 4.57 Å². The molecule has 1 aromatic carbocycles. The van der Waals surface area contributed by atoms with Crippen LogP contribution < -0.4 is 26.5 Å². The Labute approximate surface area is 289 Å². The van der Waals surface area contributed by atoms with E-state index in [9.17, 15) is 23.9 Å². The van der Waals surface area contributed by atoms with Crippen molar-refractivity contribution in [2.45, 2.75) is 24.5 Å². The van der Waals surface area contributed by atoms with Gasteiger partial charge in [-0.05, 0) is 18.2 Å². The van der Waals surface area contributed by atoms with E-state index in [-0.39, 0.29) is 67.4 Å². The summed E-state index contributed by atoms with van der Waals surface area (Å²) in [6.45, 7) is 0.177. The van der Waals surface area contributed by atoms with Crippen LogP contribution in [0.1, 0.15) is 16.8 Å². The van der Waals surface area contributed by atoms with Gasteiger partial charge in [-0.25, -0.2) is 9.37 Å². The Hall–Kier alpha value is -4.71.